The summed E-state index contributed by atoms with van der Waals surface area (Å²) >= 11 is 11.5. The van der Waals surface area contributed by atoms with Crippen LogP contribution in [-0.2, 0) is 0 Å². The van der Waals surface area contributed by atoms with Gasteiger partial charge in [-0.15, -0.1) is 23.2 Å². The number of carbonyl (C=O) groups excluding carboxylic acids is 2. The van der Waals surface area contributed by atoms with Crippen LogP contribution in [0.15, 0.2) is 40.8 Å². The van der Waals surface area contributed by atoms with Gasteiger partial charge >= 0.3 is 0 Å². The highest BCUT2D eigenvalue weighted by Gasteiger charge is 2.19. The number of rotatable bonds is 8. The summed E-state index contributed by atoms with van der Waals surface area (Å²) in [5, 5.41) is 1.68. The van der Waals surface area contributed by atoms with Gasteiger partial charge in [-0.05, 0) is 49.2 Å². The molecule has 142 valence electrons. The maximum atomic E-state index is 12.6. The zero-order valence-electron chi connectivity index (χ0n) is 15.4. The number of Topliss-reactive ketones (excluding diaryl/α,β-unsaturated/α-hetero) is 2. The van der Waals surface area contributed by atoms with Gasteiger partial charge in [0.15, 0.2) is 11.6 Å². The molecule has 2 unspecified atom stereocenters. The van der Waals surface area contributed by atoms with Gasteiger partial charge in [0.1, 0.15) is 11.2 Å². The Kier molecular flexibility index (Phi) is 6.23. The van der Waals surface area contributed by atoms with Crippen LogP contribution < -0.4 is 0 Å². The molecule has 0 saturated heterocycles. The predicted molar refractivity (Wildman–Crippen MR) is 111 cm³/mol. The first-order valence-corrected chi connectivity index (χ1v) is 10.2. The molecule has 1 heterocycles. The molecule has 2 aromatic carbocycles. The van der Waals surface area contributed by atoms with Crippen LogP contribution in [0.1, 0.15) is 47.4 Å². The Bertz CT molecular complexity index is 912. The van der Waals surface area contributed by atoms with Crippen LogP contribution in [0.25, 0.3) is 21.9 Å². The standard InChI is InChI=1S/C22H22Cl2O3/c1-13(7-9-23)21(25)15-3-5-19-17(11-15)18-12-16(4-6-20(18)27-19)22(26)14(2)8-10-24/h3-6,11-14H,7-10H2,1-2H3. The van der Waals surface area contributed by atoms with Gasteiger partial charge in [0, 0.05) is 45.5 Å². The Morgan fingerprint density at radius 2 is 1.22 bits per heavy atom. The molecular weight excluding hydrogens is 383 g/mol. The second-order valence-corrected chi connectivity index (χ2v) is 7.77. The quantitative estimate of drug-likeness (QED) is 0.318. The molecule has 0 aliphatic carbocycles. The summed E-state index contributed by atoms with van der Waals surface area (Å²) in [7, 11) is 0. The molecule has 0 N–H and O–H groups in total. The van der Waals surface area contributed by atoms with E-state index in [0.717, 1.165) is 10.8 Å². The fraction of sp³-hybridized carbons (Fsp3) is 0.364. The molecule has 0 aliphatic rings. The van der Waals surface area contributed by atoms with Gasteiger partial charge in [0.2, 0.25) is 0 Å². The van der Waals surface area contributed by atoms with Crippen molar-refractivity contribution in [2.45, 2.75) is 26.7 Å². The van der Waals surface area contributed by atoms with Crippen LogP contribution in [-0.4, -0.2) is 23.3 Å². The number of carbonyl (C=O) groups is 2. The van der Waals surface area contributed by atoms with E-state index in [9.17, 15) is 9.59 Å². The average Bonchev–Trinajstić information content (AvgIpc) is 3.04. The van der Waals surface area contributed by atoms with Gasteiger partial charge < -0.3 is 4.42 Å². The molecule has 5 heteroatoms. The van der Waals surface area contributed by atoms with Crippen molar-refractivity contribution in [3.63, 3.8) is 0 Å². The zero-order valence-corrected chi connectivity index (χ0v) is 16.9. The van der Waals surface area contributed by atoms with E-state index < -0.39 is 0 Å². The second-order valence-electron chi connectivity index (χ2n) is 7.01. The third-order valence-electron chi connectivity index (χ3n) is 5.02. The number of hydrogen-bond acceptors (Lipinski definition) is 3. The number of halogens is 2. The SMILES string of the molecule is CC(CCCl)C(=O)c1ccc2oc3ccc(C(=O)C(C)CCCl)cc3c2c1. The summed E-state index contributed by atoms with van der Waals surface area (Å²) in [5.74, 6) is 0.772. The highest BCUT2D eigenvalue weighted by molar-refractivity contribution is 6.18. The molecule has 0 amide bonds. The molecule has 2 atom stereocenters. The minimum absolute atomic E-state index is 0.0647. The highest BCUT2D eigenvalue weighted by atomic mass is 35.5. The minimum Gasteiger partial charge on any atom is -0.456 e. The fourth-order valence-corrected chi connectivity index (χ4v) is 3.90. The smallest absolute Gasteiger partial charge is 0.165 e. The first kappa shape index (κ1) is 19.9. The Morgan fingerprint density at radius 3 is 1.59 bits per heavy atom. The molecule has 0 bridgehead atoms. The van der Waals surface area contributed by atoms with Crippen LogP contribution in [0.4, 0.5) is 0 Å². The van der Waals surface area contributed by atoms with Crippen molar-refractivity contribution in [3.8, 4) is 0 Å². The van der Waals surface area contributed by atoms with E-state index in [0.29, 0.717) is 46.9 Å². The number of benzene rings is 2. The first-order chi connectivity index (χ1) is 13.0. The Balaban J connectivity index is 2.04. The lowest BCUT2D eigenvalue weighted by atomic mass is 9.94. The molecule has 0 saturated carbocycles. The van der Waals surface area contributed by atoms with Crippen LogP contribution in [0, 0.1) is 11.8 Å². The highest BCUT2D eigenvalue weighted by Crippen LogP contribution is 2.31. The Morgan fingerprint density at radius 1 is 0.815 bits per heavy atom. The number of alkyl halides is 2. The number of fused-ring (bicyclic) bond motifs is 3. The van der Waals surface area contributed by atoms with Gasteiger partial charge in [0.25, 0.3) is 0 Å². The molecule has 0 aliphatic heterocycles. The van der Waals surface area contributed by atoms with Gasteiger partial charge in [-0.2, -0.15) is 0 Å². The van der Waals surface area contributed by atoms with Crippen LogP contribution >= 0.6 is 23.2 Å². The van der Waals surface area contributed by atoms with Crippen molar-refractivity contribution in [3.05, 3.63) is 47.5 Å². The molecule has 1 aromatic heterocycles. The molecule has 3 rings (SSSR count). The van der Waals surface area contributed by atoms with Gasteiger partial charge in [0.05, 0.1) is 0 Å². The topological polar surface area (TPSA) is 47.3 Å². The van der Waals surface area contributed by atoms with E-state index in [4.69, 9.17) is 27.6 Å². The van der Waals surface area contributed by atoms with Crippen LogP contribution in [0.5, 0.6) is 0 Å². The van der Waals surface area contributed by atoms with Crippen LogP contribution in [0.3, 0.4) is 0 Å². The predicted octanol–water partition coefficient (Wildman–Crippen LogP) is 6.48. The van der Waals surface area contributed by atoms with Crippen molar-refractivity contribution in [1.82, 2.24) is 0 Å². The van der Waals surface area contributed by atoms with Gasteiger partial charge in [-0.3, -0.25) is 9.59 Å². The van der Waals surface area contributed by atoms with E-state index in [2.05, 4.69) is 0 Å². The van der Waals surface area contributed by atoms with E-state index in [1.54, 1.807) is 12.1 Å². The van der Waals surface area contributed by atoms with Gasteiger partial charge in [-0.1, -0.05) is 13.8 Å². The monoisotopic (exact) mass is 404 g/mol. The summed E-state index contributed by atoms with van der Waals surface area (Å²) in [4.78, 5) is 25.2. The van der Waals surface area contributed by atoms with E-state index in [-0.39, 0.29) is 23.4 Å². The average molecular weight is 405 g/mol. The second kappa shape index (κ2) is 8.45. The van der Waals surface area contributed by atoms with E-state index in [1.165, 1.54) is 0 Å². The van der Waals surface area contributed by atoms with Crippen molar-refractivity contribution in [2.75, 3.05) is 11.8 Å². The maximum Gasteiger partial charge on any atom is 0.165 e. The lowest BCUT2D eigenvalue weighted by Crippen LogP contribution is -2.12. The van der Waals surface area contributed by atoms with E-state index in [1.807, 2.05) is 38.1 Å². The third-order valence-corrected chi connectivity index (χ3v) is 5.45. The molecule has 3 aromatic rings. The molecule has 0 spiro atoms. The van der Waals surface area contributed by atoms with Crippen LogP contribution in [0.2, 0.25) is 0 Å². The zero-order chi connectivity index (χ0) is 19.6. The van der Waals surface area contributed by atoms with E-state index >= 15 is 0 Å². The summed E-state index contributed by atoms with van der Waals surface area (Å²) in [5.41, 5.74) is 2.67. The number of ketones is 2. The summed E-state index contributed by atoms with van der Waals surface area (Å²) < 4.78 is 5.87. The first-order valence-electron chi connectivity index (χ1n) is 9.13. The lowest BCUT2D eigenvalue weighted by Gasteiger charge is -2.09. The molecule has 0 radical (unpaired) electrons. The number of furan rings is 1. The minimum atomic E-state index is -0.133. The molecule has 27 heavy (non-hydrogen) atoms. The third kappa shape index (κ3) is 4.04. The van der Waals surface area contributed by atoms with Gasteiger partial charge in [-0.25, -0.2) is 0 Å². The summed E-state index contributed by atoms with van der Waals surface area (Å²) in [6, 6.07) is 10.9. The van der Waals surface area contributed by atoms with Crippen molar-refractivity contribution < 1.29 is 14.0 Å². The molecular formula is C22H22Cl2O3. The Labute approximate surface area is 168 Å². The molecule has 0 fully saturated rings. The summed E-state index contributed by atoms with van der Waals surface area (Å²) in [6.45, 7) is 3.77. The van der Waals surface area contributed by atoms with Crippen molar-refractivity contribution in [1.29, 1.82) is 0 Å². The lowest BCUT2D eigenvalue weighted by molar-refractivity contribution is 0.0920. The Hall–Kier alpha value is -1.84. The van der Waals surface area contributed by atoms with Crippen molar-refractivity contribution in [2.24, 2.45) is 11.8 Å². The number of hydrogen-bond donors (Lipinski definition) is 0. The largest absolute Gasteiger partial charge is 0.456 e. The molecule has 3 nitrogen and oxygen atoms in total. The van der Waals surface area contributed by atoms with Crippen molar-refractivity contribution >= 4 is 56.7 Å². The summed E-state index contributed by atoms with van der Waals surface area (Å²) in [6.07, 6.45) is 1.28. The fourth-order valence-electron chi connectivity index (χ4n) is 3.24. The maximum absolute atomic E-state index is 12.6. The normalized spacial score (nSPS) is 13.8.